The second-order valence-electron chi connectivity index (χ2n) is 6.83. The molecule has 3 rings (SSSR count). The lowest BCUT2D eigenvalue weighted by Crippen LogP contribution is -2.45. The van der Waals surface area contributed by atoms with E-state index in [4.69, 9.17) is 4.42 Å². The molecule has 0 atom stereocenters. The van der Waals surface area contributed by atoms with E-state index in [9.17, 15) is 19.5 Å². The molecule has 0 radical (unpaired) electrons. The molecule has 1 heterocycles. The predicted octanol–water partition coefficient (Wildman–Crippen LogP) is 2.81. The lowest BCUT2D eigenvalue weighted by molar-refractivity contribution is 0.0934. The highest BCUT2D eigenvalue weighted by Gasteiger charge is 2.16. The van der Waals surface area contributed by atoms with E-state index < -0.39 is 17.6 Å². The number of rotatable bonds is 6. The minimum Gasteiger partial charge on any atom is -0.504 e. The molecule has 0 bridgehead atoms. The van der Waals surface area contributed by atoms with Gasteiger partial charge in [-0.1, -0.05) is 38.1 Å². The number of urea groups is 1. The fraction of sp³-hybridized carbons (Fsp3) is 0.227. The first-order valence-electron chi connectivity index (χ1n) is 9.85. The van der Waals surface area contributed by atoms with Gasteiger partial charge in [0.2, 0.25) is 0 Å². The third-order valence-corrected chi connectivity index (χ3v) is 4.79. The van der Waals surface area contributed by atoms with Crippen molar-refractivity contribution in [3.8, 4) is 5.75 Å². The van der Waals surface area contributed by atoms with Crippen LogP contribution < -0.4 is 21.8 Å². The zero-order valence-electron chi connectivity index (χ0n) is 17.3. The summed E-state index contributed by atoms with van der Waals surface area (Å²) in [6.07, 6.45) is 0. The highest BCUT2D eigenvalue weighted by molar-refractivity contribution is 5.99. The maximum absolute atomic E-state index is 12.3. The van der Waals surface area contributed by atoms with E-state index in [2.05, 4.69) is 34.9 Å². The molecule has 1 aromatic heterocycles. The van der Waals surface area contributed by atoms with Crippen LogP contribution in [-0.2, 0) is 6.54 Å². The minimum absolute atomic E-state index is 0.0146. The first-order valence-corrected chi connectivity index (χ1v) is 9.85. The first kappa shape index (κ1) is 21.8. The van der Waals surface area contributed by atoms with Crippen molar-refractivity contribution in [2.45, 2.75) is 20.4 Å². The molecule has 0 fully saturated rings. The van der Waals surface area contributed by atoms with Crippen molar-refractivity contribution in [3.63, 3.8) is 0 Å². The van der Waals surface area contributed by atoms with Crippen molar-refractivity contribution in [1.29, 1.82) is 0 Å². The molecule has 0 saturated carbocycles. The number of hydrogen-bond donors (Lipinski definition) is 4. The second kappa shape index (κ2) is 9.77. The number of phenolic OH excluding ortho intramolecular Hbond substituents is 1. The number of aromatic hydroxyl groups is 1. The molecule has 9 heteroatoms. The average Bonchev–Trinajstić information content (AvgIpc) is 2.77. The zero-order chi connectivity index (χ0) is 22.4. The van der Waals surface area contributed by atoms with Gasteiger partial charge < -0.3 is 14.8 Å². The van der Waals surface area contributed by atoms with E-state index in [1.807, 2.05) is 12.1 Å². The minimum atomic E-state index is -0.933. The molecule has 0 unspecified atom stereocenters. The van der Waals surface area contributed by atoms with Crippen LogP contribution >= 0.6 is 0 Å². The summed E-state index contributed by atoms with van der Waals surface area (Å²) in [7, 11) is 0. The highest BCUT2D eigenvalue weighted by atomic mass is 16.4. The Morgan fingerprint density at radius 3 is 2.42 bits per heavy atom. The van der Waals surface area contributed by atoms with Gasteiger partial charge in [0, 0.05) is 17.6 Å². The molecule has 162 valence electrons. The maximum Gasteiger partial charge on any atom is 0.349 e. The van der Waals surface area contributed by atoms with Crippen LogP contribution in [0.15, 0.2) is 57.7 Å². The molecule has 0 aliphatic carbocycles. The number of fused-ring (bicyclic) bond motifs is 1. The van der Waals surface area contributed by atoms with Gasteiger partial charge in [-0.05, 0) is 42.9 Å². The quantitative estimate of drug-likeness (QED) is 0.356. The van der Waals surface area contributed by atoms with Crippen LogP contribution in [0.25, 0.3) is 11.0 Å². The Balaban J connectivity index is 1.58. The Bertz CT molecular complexity index is 1140. The molecule has 3 aromatic rings. The summed E-state index contributed by atoms with van der Waals surface area (Å²) in [4.78, 5) is 38.7. The van der Waals surface area contributed by atoms with Crippen LogP contribution in [-0.4, -0.2) is 35.0 Å². The SMILES string of the molecule is CCN(CC)Cc1ccc(NC(=O)NNC(=O)c2cc3cccc(O)c3oc2=O)cc1. The largest absolute Gasteiger partial charge is 0.504 e. The normalized spacial score (nSPS) is 10.8. The van der Waals surface area contributed by atoms with Crippen molar-refractivity contribution in [3.05, 3.63) is 70.1 Å². The molecule has 31 heavy (non-hydrogen) atoms. The number of hydrazine groups is 1. The van der Waals surface area contributed by atoms with E-state index in [-0.39, 0.29) is 16.9 Å². The summed E-state index contributed by atoms with van der Waals surface area (Å²) in [5.41, 5.74) is 4.78. The van der Waals surface area contributed by atoms with Crippen molar-refractivity contribution < 1.29 is 19.1 Å². The maximum atomic E-state index is 12.3. The Kier molecular flexibility index (Phi) is 6.88. The number of anilines is 1. The van der Waals surface area contributed by atoms with Crippen LogP contribution in [0.2, 0.25) is 0 Å². The van der Waals surface area contributed by atoms with Gasteiger partial charge in [0.05, 0.1) is 0 Å². The molecule has 0 saturated heterocycles. The molecule has 0 aliphatic rings. The number of amides is 3. The number of nitrogens with one attached hydrogen (secondary N) is 3. The summed E-state index contributed by atoms with van der Waals surface area (Å²) in [5, 5.41) is 12.7. The van der Waals surface area contributed by atoms with E-state index in [0.717, 1.165) is 25.2 Å². The third-order valence-electron chi connectivity index (χ3n) is 4.79. The molecule has 0 aliphatic heterocycles. The number of carbonyl (C=O) groups is 2. The van der Waals surface area contributed by atoms with E-state index in [0.29, 0.717) is 11.1 Å². The smallest absolute Gasteiger partial charge is 0.349 e. The molecule has 2 aromatic carbocycles. The lowest BCUT2D eigenvalue weighted by atomic mass is 10.1. The van der Waals surface area contributed by atoms with Crippen LogP contribution in [0.3, 0.4) is 0 Å². The van der Waals surface area contributed by atoms with Crippen LogP contribution in [0.5, 0.6) is 5.75 Å². The van der Waals surface area contributed by atoms with E-state index in [1.54, 1.807) is 24.3 Å². The monoisotopic (exact) mass is 424 g/mol. The Labute approximate surface area is 178 Å². The van der Waals surface area contributed by atoms with Gasteiger partial charge in [0.25, 0.3) is 5.91 Å². The average molecular weight is 424 g/mol. The van der Waals surface area contributed by atoms with Gasteiger partial charge in [-0.2, -0.15) is 0 Å². The van der Waals surface area contributed by atoms with Gasteiger partial charge in [-0.3, -0.25) is 15.1 Å². The summed E-state index contributed by atoms with van der Waals surface area (Å²) in [5.74, 6) is -1.05. The van der Waals surface area contributed by atoms with E-state index in [1.165, 1.54) is 12.1 Å². The first-order chi connectivity index (χ1) is 14.9. The number of phenols is 1. The summed E-state index contributed by atoms with van der Waals surface area (Å²) < 4.78 is 5.00. The van der Waals surface area contributed by atoms with Gasteiger partial charge in [-0.15, -0.1) is 0 Å². The topological polar surface area (TPSA) is 124 Å². The third kappa shape index (κ3) is 5.40. The van der Waals surface area contributed by atoms with Gasteiger partial charge in [0.15, 0.2) is 11.3 Å². The fourth-order valence-electron chi connectivity index (χ4n) is 3.03. The summed E-state index contributed by atoms with van der Waals surface area (Å²) >= 11 is 0. The van der Waals surface area contributed by atoms with Crippen LogP contribution in [0.4, 0.5) is 10.5 Å². The summed E-state index contributed by atoms with van der Waals surface area (Å²) in [6.45, 7) is 6.93. The number of benzene rings is 2. The Morgan fingerprint density at radius 1 is 1.03 bits per heavy atom. The second-order valence-corrected chi connectivity index (χ2v) is 6.83. The molecular formula is C22H24N4O5. The van der Waals surface area contributed by atoms with Crippen molar-refractivity contribution >= 4 is 28.6 Å². The van der Waals surface area contributed by atoms with Gasteiger partial charge >= 0.3 is 11.7 Å². The molecule has 4 N–H and O–H groups in total. The van der Waals surface area contributed by atoms with Crippen molar-refractivity contribution in [2.75, 3.05) is 18.4 Å². The van der Waals surface area contributed by atoms with Crippen molar-refractivity contribution in [2.24, 2.45) is 0 Å². The number of nitrogens with zero attached hydrogens (tertiary/aromatic N) is 1. The number of hydrogen-bond acceptors (Lipinski definition) is 6. The standard InChI is InChI=1S/C22H24N4O5/c1-3-26(4-2)13-14-8-10-16(11-9-14)23-22(30)25-24-20(28)17-12-15-6-5-7-18(27)19(15)31-21(17)29/h5-12,27H,3-4,13H2,1-2H3,(H,24,28)(H2,23,25,30). The number of para-hydroxylation sites is 1. The molecule has 9 nitrogen and oxygen atoms in total. The molecule has 0 spiro atoms. The Morgan fingerprint density at radius 2 is 1.74 bits per heavy atom. The van der Waals surface area contributed by atoms with E-state index >= 15 is 0 Å². The number of carbonyl (C=O) groups excluding carboxylic acids is 2. The van der Waals surface area contributed by atoms with Gasteiger partial charge in [0.1, 0.15) is 5.56 Å². The summed E-state index contributed by atoms with van der Waals surface area (Å²) in [6, 6.07) is 12.5. The van der Waals surface area contributed by atoms with Crippen LogP contribution in [0.1, 0.15) is 29.8 Å². The van der Waals surface area contributed by atoms with Crippen LogP contribution in [0, 0.1) is 0 Å². The van der Waals surface area contributed by atoms with Crippen molar-refractivity contribution in [1.82, 2.24) is 15.8 Å². The fourth-order valence-corrected chi connectivity index (χ4v) is 3.03. The molecular weight excluding hydrogens is 400 g/mol. The predicted molar refractivity (Wildman–Crippen MR) is 117 cm³/mol. The zero-order valence-corrected chi connectivity index (χ0v) is 17.3. The van der Waals surface area contributed by atoms with Gasteiger partial charge in [-0.25, -0.2) is 15.0 Å². The Hall–Kier alpha value is -3.85. The highest BCUT2D eigenvalue weighted by Crippen LogP contribution is 2.23. The molecule has 3 amide bonds. The lowest BCUT2D eigenvalue weighted by Gasteiger charge is -2.18.